The highest BCUT2D eigenvalue weighted by atomic mass is 19.1. The average molecular weight is 278 g/mol. The van der Waals surface area contributed by atoms with Gasteiger partial charge in [0.05, 0.1) is 11.0 Å². The number of hydrazine groups is 1. The van der Waals surface area contributed by atoms with Gasteiger partial charge in [0.1, 0.15) is 12.4 Å². The normalized spacial score (nSPS) is 10.1. The minimum atomic E-state index is -0.801. The quantitative estimate of drug-likeness (QED) is 0.492. The number of non-ortho nitro benzene ring substituents is 1. The highest BCUT2D eigenvalue weighted by Gasteiger charge is 2.12. The summed E-state index contributed by atoms with van der Waals surface area (Å²) in [6.07, 6.45) is 1.55. The fourth-order valence-corrected chi connectivity index (χ4v) is 1.56. The van der Waals surface area contributed by atoms with Crippen molar-refractivity contribution in [3.8, 4) is 5.75 Å². The zero-order valence-corrected chi connectivity index (χ0v) is 10.2. The van der Waals surface area contributed by atoms with Crippen molar-refractivity contribution in [1.29, 1.82) is 0 Å². The number of nitro groups is 1. The second kappa shape index (κ2) is 5.93. The molecule has 0 aliphatic rings. The summed E-state index contributed by atoms with van der Waals surface area (Å²) in [5.41, 5.74) is 2.70. The number of hydrogen-bond donors (Lipinski definition) is 2. The highest BCUT2D eigenvalue weighted by molar-refractivity contribution is 5.42. The van der Waals surface area contributed by atoms with Crippen LogP contribution < -0.4 is 16.0 Å². The molecule has 2 aromatic rings. The lowest BCUT2D eigenvalue weighted by atomic mass is 10.2. The van der Waals surface area contributed by atoms with E-state index < -0.39 is 10.7 Å². The number of rotatable bonds is 5. The molecule has 1 aromatic carbocycles. The van der Waals surface area contributed by atoms with E-state index in [1.807, 2.05) is 0 Å². The number of benzene rings is 1. The lowest BCUT2D eigenvalue weighted by Gasteiger charge is -2.10. The second-order valence-electron chi connectivity index (χ2n) is 3.82. The first-order chi connectivity index (χ1) is 9.61. The molecule has 0 radical (unpaired) electrons. The zero-order valence-electron chi connectivity index (χ0n) is 10.2. The van der Waals surface area contributed by atoms with Gasteiger partial charge < -0.3 is 10.2 Å². The van der Waals surface area contributed by atoms with E-state index in [1.165, 1.54) is 12.1 Å². The molecule has 0 bridgehead atoms. The van der Waals surface area contributed by atoms with Crippen molar-refractivity contribution in [3.63, 3.8) is 0 Å². The Bertz CT molecular complexity index is 636. The number of ether oxygens (including phenoxy) is 1. The summed E-state index contributed by atoms with van der Waals surface area (Å²) in [6, 6.07) is 6.58. The van der Waals surface area contributed by atoms with Gasteiger partial charge in [0, 0.05) is 17.8 Å². The Morgan fingerprint density at radius 2 is 2.25 bits per heavy atom. The zero-order chi connectivity index (χ0) is 14.5. The van der Waals surface area contributed by atoms with Crippen LogP contribution in [-0.2, 0) is 6.61 Å². The second-order valence-corrected chi connectivity index (χ2v) is 3.82. The Labute approximate surface area is 113 Å². The summed E-state index contributed by atoms with van der Waals surface area (Å²) < 4.78 is 18.9. The number of pyridine rings is 1. The number of nitro benzene ring substituents is 1. The Morgan fingerprint density at radius 1 is 1.45 bits per heavy atom. The summed E-state index contributed by atoms with van der Waals surface area (Å²) in [5, 5.41) is 10.5. The summed E-state index contributed by atoms with van der Waals surface area (Å²) in [7, 11) is 0. The maximum absolute atomic E-state index is 13.6. The maximum atomic E-state index is 13.6. The Kier molecular flexibility index (Phi) is 4.06. The first kappa shape index (κ1) is 13.7. The lowest BCUT2D eigenvalue weighted by Crippen LogP contribution is -2.12. The largest absolute Gasteiger partial charge is 0.486 e. The molecule has 0 amide bonds. The number of nitrogens with two attached hydrogens (primary N) is 1. The SMILES string of the molecule is NNc1ncccc1COc1ccc([N+](=O)[O-])cc1F. The molecule has 0 aliphatic carbocycles. The van der Waals surface area contributed by atoms with Crippen molar-refractivity contribution in [2.75, 3.05) is 5.43 Å². The maximum Gasteiger partial charge on any atom is 0.272 e. The number of nitrogens with one attached hydrogen (secondary N) is 1. The van der Waals surface area contributed by atoms with Crippen LogP contribution in [0.1, 0.15) is 5.56 Å². The molecule has 0 atom stereocenters. The standard InChI is InChI=1S/C12H11FN4O3/c13-10-6-9(17(18)19)3-4-11(10)20-7-8-2-1-5-15-12(8)16-14/h1-6H,7,14H2,(H,15,16). The van der Waals surface area contributed by atoms with Crippen LogP contribution >= 0.6 is 0 Å². The van der Waals surface area contributed by atoms with Gasteiger partial charge in [0.2, 0.25) is 0 Å². The van der Waals surface area contributed by atoms with Crippen LogP contribution in [-0.4, -0.2) is 9.91 Å². The number of halogens is 1. The van der Waals surface area contributed by atoms with Crippen LogP contribution in [0.2, 0.25) is 0 Å². The van der Waals surface area contributed by atoms with Gasteiger partial charge in [0.15, 0.2) is 11.6 Å². The fourth-order valence-electron chi connectivity index (χ4n) is 1.56. The van der Waals surface area contributed by atoms with Crippen LogP contribution in [0.25, 0.3) is 0 Å². The lowest BCUT2D eigenvalue weighted by molar-refractivity contribution is -0.385. The summed E-state index contributed by atoms with van der Waals surface area (Å²) >= 11 is 0. The number of nitrogens with zero attached hydrogens (tertiary/aromatic N) is 2. The number of aromatic nitrogens is 1. The molecule has 3 N–H and O–H groups in total. The molecular weight excluding hydrogens is 267 g/mol. The molecule has 0 spiro atoms. The van der Waals surface area contributed by atoms with E-state index in [2.05, 4.69) is 10.4 Å². The van der Waals surface area contributed by atoms with Crippen molar-refractivity contribution < 1.29 is 14.1 Å². The van der Waals surface area contributed by atoms with Gasteiger partial charge in [0.25, 0.3) is 5.69 Å². The van der Waals surface area contributed by atoms with Crippen LogP contribution in [0.15, 0.2) is 36.5 Å². The van der Waals surface area contributed by atoms with Gasteiger partial charge in [-0.25, -0.2) is 15.2 Å². The predicted molar refractivity (Wildman–Crippen MR) is 69.4 cm³/mol. The number of nitrogen functional groups attached to an aromatic ring is 1. The van der Waals surface area contributed by atoms with Crippen molar-refractivity contribution in [1.82, 2.24) is 4.98 Å². The molecule has 20 heavy (non-hydrogen) atoms. The Balaban J connectivity index is 2.13. The highest BCUT2D eigenvalue weighted by Crippen LogP contribution is 2.24. The minimum absolute atomic E-state index is 0.0299. The summed E-state index contributed by atoms with van der Waals surface area (Å²) in [4.78, 5) is 13.8. The van der Waals surface area contributed by atoms with Gasteiger partial charge in [-0.2, -0.15) is 0 Å². The van der Waals surface area contributed by atoms with Crippen molar-refractivity contribution in [2.45, 2.75) is 6.61 Å². The van der Waals surface area contributed by atoms with Crippen molar-refractivity contribution >= 4 is 11.5 Å². The Hall–Kier alpha value is -2.74. The third kappa shape index (κ3) is 2.98. The molecule has 0 saturated carbocycles. The number of anilines is 1. The summed E-state index contributed by atoms with van der Waals surface area (Å²) in [5.74, 6) is 4.82. The van der Waals surface area contributed by atoms with Crippen LogP contribution in [0.3, 0.4) is 0 Å². The van der Waals surface area contributed by atoms with E-state index in [-0.39, 0.29) is 18.0 Å². The molecular formula is C12H11FN4O3. The molecule has 104 valence electrons. The smallest absolute Gasteiger partial charge is 0.272 e. The van der Waals surface area contributed by atoms with Crippen LogP contribution in [0.5, 0.6) is 5.75 Å². The molecule has 0 saturated heterocycles. The first-order valence-corrected chi connectivity index (χ1v) is 5.59. The van der Waals surface area contributed by atoms with Gasteiger partial charge >= 0.3 is 0 Å². The molecule has 0 aliphatic heterocycles. The molecule has 8 heteroatoms. The molecule has 0 fully saturated rings. The number of hydrogen-bond acceptors (Lipinski definition) is 6. The Morgan fingerprint density at radius 3 is 2.90 bits per heavy atom. The summed E-state index contributed by atoms with van der Waals surface area (Å²) in [6.45, 7) is 0.0299. The van der Waals surface area contributed by atoms with E-state index in [4.69, 9.17) is 10.6 Å². The molecule has 0 unspecified atom stereocenters. The molecule has 2 rings (SSSR count). The van der Waals surface area contributed by atoms with Crippen molar-refractivity contribution in [2.24, 2.45) is 5.84 Å². The van der Waals surface area contributed by atoms with Gasteiger partial charge in [-0.1, -0.05) is 6.07 Å². The van der Waals surface area contributed by atoms with E-state index in [1.54, 1.807) is 18.3 Å². The van der Waals surface area contributed by atoms with Crippen LogP contribution in [0.4, 0.5) is 15.9 Å². The molecule has 1 aromatic heterocycles. The van der Waals surface area contributed by atoms with E-state index in [9.17, 15) is 14.5 Å². The molecule has 7 nitrogen and oxygen atoms in total. The van der Waals surface area contributed by atoms with Crippen molar-refractivity contribution in [3.05, 3.63) is 58.0 Å². The third-order valence-electron chi connectivity index (χ3n) is 2.54. The average Bonchev–Trinajstić information content (AvgIpc) is 2.46. The van der Waals surface area contributed by atoms with Gasteiger partial charge in [-0.3, -0.25) is 10.1 Å². The third-order valence-corrected chi connectivity index (χ3v) is 2.54. The van der Waals surface area contributed by atoms with E-state index in [0.29, 0.717) is 11.4 Å². The minimum Gasteiger partial charge on any atom is -0.486 e. The predicted octanol–water partition coefficient (Wildman–Crippen LogP) is 1.99. The monoisotopic (exact) mass is 278 g/mol. The molecule has 1 heterocycles. The van der Waals surface area contributed by atoms with E-state index in [0.717, 1.165) is 6.07 Å². The first-order valence-electron chi connectivity index (χ1n) is 5.59. The fraction of sp³-hybridized carbons (Fsp3) is 0.0833. The van der Waals surface area contributed by atoms with E-state index >= 15 is 0 Å². The van der Waals surface area contributed by atoms with Gasteiger partial charge in [-0.05, 0) is 12.1 Å². The van der Waals surface area contributed by atoms with Gasteiger partial charge in [-0.15, -0.1) is 0 Å². The topological polar surface area (TPSA) is 103 Å². The van der Waals surface area contributed by atoms with Crippen LogP contribution in [0, 0.1) is 15.9 Å².